The number of nitrogens with two attached hydrogens (primary N) is 1. The van der Waals surface area contributed by atoms with Crippen LogP contribution in [-0.4, -0.2) is 30.0 Å². The third-order valence-corrected chi connectivity index (χ3v) is 3.48. The summed E-state index contributed by atoms with van der Waals surface area (Å²) >= 11 is 0. The van der Waals surface area contributed by atoms with Crippen molar-refractivity contribution < 1.29 is 9.53 Å². The van der Waals surface area contributed by atoms with Gasteiger partial charge in [-0.2, -0.15) is 0 Å². The molecule has 2 rings (SSSR count). The Morgan fingerprint density at radius 1 is 1.29 bits per heavy atom. The van der Waals surface area contributed by atoms with Crippen molar-refractivity contribution in [2.24, 2.45) is 0 Å². The van der Waals surface area contributed by atoms with E-state index in [9.17, 15) is 4.79 Å². The van der Waals surface area contributed by atoms with E-state index >= 15 is 0 Å². The second-order valence-corrected chi connectivity index (χ2v) is 5.68. The fourth-order valence-electron chi connectivity index (χ4n) is 2.42. The molecule has 1 aromatic carbocycles. The molecule has 0 saturated carbocycles. The van der Waals surface area contributed by atoms with Gasteiger partial charge in [0.05, 0.1) is 11.8 Å². The SMILES string of the molecule is CC(C)Oc1ccc(/C=C\C(=O)N2CCCCC2)cc1N. The summed E-state index contributed by atoms with van der Waals surface area (Å²) in [5.74, 6) is 0.764. The van der Waals surface area contributed by atoms with E-state index in [1.165, 1.54) is 6.42 Å². The molecule has 1 aliphatic heterocycles. The average molecular weight is 288 g/mol. The number of anilines is 1. The number of carbonyl (C=O) groups excluding carboxylic acids is 1. The quantitative estimate of drug-likeness (QED) is 0.684. The summed E-state index contributed by atoms with van der Waals surface area (Å²) in [7, 11) is 0. The van der Waals surface area contributed by atoms with Crippen molar-refractivity contribution in [3.63, 3.8) is 0 Å². The lowest BCUT2D eigenvalue weighted by atomic mass is 10.1. The van der Waals surface area contributed by atoms with Gasteiger partial charge >= 0.3 is 0 Å². The topological polar surface area (TPSA) is 55.6 Å². The normalized spacial score (nSPS) is 15.7. The first-order valence-electron chi connectivity index (χ1n) is 7.59. The summed E-state index contributed by atoms with van der Waals surface area (Å²) < 4.78 is 5.60. The largest absolute Gasteiger partial charge is 0.489 e. The Morgan fingerprint density at radius 2 is 2.00 bits per heavy atom. The number of carbonyl (C=O) groups is 1. The maximum absolute atomic E-state index is 12.1. The molecular formula is C17H24N2O2. The smallest absolute Gasteiger partial charge is 0.246 e. The lowest BCUT2D eigenvalue weighted by Gasteiger charge is -2.25. The second-order valence-electron chi connectivity index (χ2n) is 5.68. The van der Waals surface area contributed by atoms with Crippen molar-refractivity contribution in [3.8, 4) is 5.75 Å². The van der Waals surface area contributed by atoms with Crippen LogP contribution in [0.5, 0.6) is 5.75 Å². The molecule has 21 heavy (non-hydrogen) atoms. The summed E-state index contributed by atoms with van der Waals surface area (Å²) in [6.45, 7) is 5.66. The van der Waals surface area contributed by atoms with E-state index in [4.69, 9.17) is 10.5 Å². The van der Waals surface area contributed by atoms with Gasteiger partial charge in [0.15, 0.2) is 0 Å². The molecule has 1 fully saturated rings. The summed E-state index contributed by atoms with van der Waals surface area (Å²) in [6.07, 6.45) is 6.97. The number of hydrogen-bond donors (Lipinski definition) is 1. The third-order valence-electron chi connectivity index (χ3n) is 3.48. The number of nitrogens with zero attached hydrogens (tertiary/aromatic N) is 1. The fourth-order valence-corrected chi connectivity index (χ4v) is 2.42. The molecule has 0 atom stereocenters. The van der Waals surface area contributed by atoms with Gasteiger partial charge in [-0.25, -0.2) is 0 Å². The van der Waals surface area contributed by atoms with Gasteiger partial charge in [0.25, 0.3) is 0 Å². The molecule has 1 aromatic rings. The first kappa shape index (κ1) is 15.4. The highest BCUT2D eigenvalue weighted by Crippen LogP contribution is 2.24. The highest BCUT2D eigenvalue weighted by Gasteiger charge is 2.13. The maximum Gasteiger partial charge on any atom is 0.246 e. The number of piperidine rings is 1. The number of nitrogen functional groups attached to an aromatic ring is 1. The van der Waals surface area contributed by atoms with Crippen molar-refractivity contribution in [1.29, 1.82) is 0 Å². The molecule has 2 N–H and O–H groups in total. The molecule has 4 heteroatoms. The number of hydrogen-bond acceptors (Lipinski definition) is 3. The van der Waals surface area contributed by atoms with E-state index in [-0.39, 0.29) is 12.0 Å². The molecular weight excluding hydrogens is 264 g/mol. The molecule has 1 amide bonds. The lowest BCUT2D eigenvalue weighted by Crippen LogP contribution is -2.34. The Hall–Kier alpha value is -1.97. The number of ether oxygens (including phenoxy) is 1. The minimum atomic E-state index is 0.0794. The highest BCUT2D eigenvalue weighted by atomic mass is 16.5. The molecule has 0 radical (unpaired) electrons. The molecule has 0 aromatic heterocycles. The molecule has 0 bridgehead atoms. The van der Waals surface area contributed by atoms with Gasteiger partial charge in [0.1, 0.15) is 5.75 Å². The standard InChI is InChI=1S/C17H24N2O2/c1-13(2)21-16-8-6-14(12-15(16)18)7-9-17(20)19-10-4-3-5-11-19/h6-9,12-13H,3-5,10-11,18H2,1-2H3/b9-7-. The van der Waals surface area contributed by atoms with Crippen LogP contribution in [-0.2, 0) is 4.79 Å². The van der Waals surface area contributed by atoms with Crippen LogP contribution < -0.4 is 10.5 Å². The fraction of sp³-hybridized carbons (Fsp3) is 0.471. The minimum Gasteiger partial charge on any atom is -0.489 e. The monoisotopic (exact) mass is 288 g/mol. The van der Waals surface area contributed by atoms with Crippen LogP contribution in [0.15, 0.2) is 24.3 Å². The van der Waals surface area contributed by atoms with E-state index in [0.717, 1.165) is 31.5 Å². The molecule has 4 nitrogen and oxygen atoms in total. The average Bonchev–Trinajstić information content (AvgIpc) is 2.48. The number of likely N-dealkylation sites (tertiary alicyclic amines) is 1. The summed E-state index contributed by atoms with van der Waals surface area (Å²) in [6, 6.07) is 5.59. The number of benzene rings is 1. The van der Waals surface area contributed by atoms with E-state index in [1.807, 2.05) is 43.0 Å². The zero-order chi connectivity index (χ0) is 15.2. The van der Waals surface area contributed by atoms with Crippen molar-refractivity contribution in [3.05, 3.63) is 29.8 Å². The Balaban J connectivity index is 2.00. The Labute approximate surface area is 126 Å². The first-order chi connectivity index (χ1) is 10.1. The second kappa shape index (κ2) is 7.16. The highest BCUT2D eigenvalue weighted by molar-refractivity contribution is 5.92. The molecule has 0 unspecified atom stereocenters. The van der Waals surface area contributed by atoms with Gasteiger partial charge in [-0.15, -0.1) is 0 Å². The predicted octanol–water partition coefficient (Wildman–Crippen LogP) is 3.08. The van der Waals surface area contributed by atoms with Gasteiger partial charge in [-0.1, -0.05) is 6.07 Å². The van der Waals surface area contributed by atoms with E-state index in [0.29, 0.717) is 11.4 Å². The molecule has 1 saturated heterocycles. The van der Waals surface area contributed by atoms with Crippen LogP contribution in [0.1, 0.15) is 38.7 Å². The van der Waals surface area contributed by atoms with Gasteiger partial charge in [-0.05, 0) is 56.9 Å². The molecule has 0 spiro atoms. The summed E-state index contributed by atoms with van der Waals surface area (Å²) in [4.78, 5) is 14.0. The lowest BCUT2D eigenvalue weighted by molar-refractivity contribution is -0.126. The van der Waals surface area contributed by atoms with Crippen molar-refractivity contribution in [2.75, 3.05) is 18.8 Å². The molecule has 0 aliphatic carbocycles. The van der Waals surface area contributed by atoms with Gasteiger partial charge in [0.2, 0.25) is 5.91 Å². The first-order valence-corrected chi connectivity index (χ1v) is 7.59. The van der Waals surface area contributed by atoms with Crippen LogP contribution in [0, 0.1) is 0 Å². The van der Waals surface area contributed by atoms with Crippen LogP contribution in [0.4, 0.5) is 5.69 Å². The van der Waals surface area contributed by atoms with E-state index in [1.54, 1.807) is 6.08 Å². The molecule has 1 heterocycles. The van der Waals surface area contributed by atoms with Gasteiger partial charge in [0, 0.05) is 19.2 Å². The Morgan fingerprint density at radius 3 is 2.62 bits per heavy atom. The Bertz CT molecular complexity index is 518. The van der Waals surface area contributed by atoms with Crippen LogP contribution in [0.2, 0.25) is 0 Å². The zero-order valence-electron chi connectivity index (χ0n) is 12.8. The zero-order valence-corrected chi connectivity index (χ0v) is 12.8. The van der Waals surface area contributed by atoms with Gasteiger partial charge < -0.3 is 15.4 Å². The summed E-state index contributed by atoms with van der Waals surface area (Å²) in [5.41, 5.74) is 7.47. The number of amides is 1. The van der Waals surface area contributed by atoms with Crippen LogP contribution in [0.25, 0.3) is 6.08 Å². The summed E-state index contributed by atoms with van der Waals surface area (Å²) in [5, 5.41) is 0. The van der Waals surface area contributed by atoms with Gasteiger partial charge in [-0.3, -0.25) is 4.79 Å². The van der Waals surface area contributed by atoms with Crippen LogP contribution >= 0.6 is 0 Å². The molecule has 114 valence electrons. The van der Waals surface area contributed by atoms with Crippen molar-refractivity contribution in [1.82, 2.24) is 4.90 Å². The van der Waals surface area contributed by atoms with Crippen LogP contribution in [0.3, 0.4) is 0 Å². The van der Waals surface area contributed by atoms with E-state index < -0.39 is 0 Å². The van der Waals surface area contributed by atoms with Crippen molar-refractivity contribution >= 4 is 17.7 Å². The minimum absolute atomic E-state index is 0.0794. The van der Waals surface area contributed by atoms with E-state index in [2.05, 4.69) is 0 Å². The molecule has 1 aliphatic rings. The van der Waals surface area contributed by atoms with Crippen molar-refractivity contribution in [2.45, 2.75) is 39.2 Å². The number of rotatable bonds is 4. The third kappa shape index (κ3) is 4.52. The maximum atomic E-state index is 12.1. The Kier molecular flexibility index (Phi) is 5.26. The predicted molar refractivity (Wildman–Crippen MR) is 86.1 cm³/mol.